The van der Waals surface area contributed by atoms with Gasteiger partial charge in [-0.25, -0.2) is 14.4 Å². The Hall–Kier alpha value is -2.42. The molecule has 5 nitrogen and oxygen atoms in total. The van der Waals surface area contributed by atoms with E-state index in [1.165, 1.54) is 0 Å². The minimum Gasteiger partial charge on any atom is -0.406 e. The minimum atomic E-state index is -4.92. The molecule has 0 aliphatic rings. The fourth-order valence-electron chi connectivity index (χ4n) is 1.50. The van der Waals surface area contributed by atoms with Gasteiger partial charge in [0.15, 0.2) is 6.29 Å². The number of aromatic nitrogens is 2. The molecule has 0 aliphatic heterocycles. The van der Waals surface area contributed by atoms with Gasteiger partial charge in [-0.3, -0.25) is 4.79 Å². The van der Waals surface area contributed by atoms with Crippen molar-refractivity contribution >= 4 is 29.4 Å². The van der Waals surface area contributed by atoms with E-state index in [9.17, 15) is 22.4 Å². The Kier molecular flexibility index (Phi) is 4.45. The summed E-state index contributed by atoms with van der Waals surface area (Å²) < 4.78 is 53.5. The zero-order valence-corrected chi connectivity index (χ0v) is 11.2. The summed E-state index contributed by atoms with van der Waals surface area (Å²) in [6.45, 7) is 0. The van der Waals surface area contributed by atoms with Crippen molar-refractivity contribution in [2.75, 3.05) is 5.32 Å². The Labute approximate surface area is 125 Å². The molecule has 2 aromatic rings. The summed E-state index contributed by atoms with van der Waals surface area (Å²) in [7, 11) is 0. The van der Waals surface area contributed by atoms with Gasteiger partial charge >= 0.3 is 6.36 Å². The van der Waals surface area contributed by atoms with Gasteiger partial charge < -0.3 is 10.1 Å². The zero-order valence-electron chi connectivity index (χ0n) is 10.5. The van der Waals surface area contributed by atoms with Crippen LogP contribution in [-0.2, 0) is 0 Å². The lowest BCUT2D eigenvalue weighted by atomic mass is 10.2. The fraction of sp³-hybridized carbons (Fsp3) is 0.0833. The van der Waals surface area contributed by atoms with Crippen molar-refractivity contribution in [1.29, 1.82) is 0 Å². The van der Waals surface area contributed by atoms with Crippen molar-refractivity contribution in [2.45, 2.75) is 6.36 Å². The van der Waals surface area contributed by atoms with Crippen molar-refractivity contribution in [3.05, 3.63) is 41.1 Å². The lowest BCUT2D eigenvalue weighted by Gasteiger charge is -2.12. The maximum atomic E-state index is 13.8. The number of rotatable bonds is 4. The van der Waals surface area contributed by atoms with E-state index in [4.69, 9.17) is 11.6 Å². The number of nitrogens with one attached hydrogen (secondary N) is 1. The highest BCUT2D eigenvalue weighted by molar-refractivity contribution is 6.32. The molecule has 22 heavy (non-hydrogen) atoms. The van der Waals surface area contributed by atoms with Crippen LogP contribution in [0, 0.1) is 5.82 Å². The number of hydrogen-bond donors (Lipinski definition) is 1. The van der Waals surface area contributed by atoms with Crippen LogP contribution in [-0.4, -0.2) is 22.6 Å². The van der Waals surface area contributed by atoms with E-state index >= 15 is 0 Å². The van der Waals surface area contributed by atoms with Crippen LogP contribution in [0.2, 0.25) is 5.15 Å². The molecule has 1 aromatic carbocycles. The number of hydrogen-bond acceptors (Lipinski definition) is 5. The van der Waals surface area contributed by atoms with Gasteiger partial charge in [0.05, 0.1) is 11.3 Å². The quantitative estimate of drug-likeness (QED) is 0.524. The summed E-state index contributed by atoms with van der Waals surface area (Å²) in [4.78, 5) is 18.2. The molecular weight excluding hydrogens is 330 g/mol. The van der Waals surface area contributed by atoms with Crippen molar-refractivity contribution in [1.82, 2.24) is 9.97 Å². The molecule has 1 heterocycles. The molecule has 0 fully saturated rings. The summed E-state index contributed by atoms with van der Waals surface area (Å²) in [5.41, 5.74) is -0.327. The van der Waals surface area contributed by atoms with Gasteiger partial charge in [-0.15, -0.1) is 13.2 Å². The monoisotopic (exact) mass is 335 g/mol. The number of carbonyl (C=O) groups excluding carboxylic acids is 1. The molecule has 2 rings (SSSR count). The second-order valence-electron chi connectivity index (χ2n) is 3.86. The third-order valence-electron chi connectivity index (χ3n) is 2.38. The van der Waals surface area contributed by atoms with Gasteiger partial charge in [0.25, 0.3) is 0 Å². The van der Waals surface area contributed by atoms with Gasteiger partial charge in [0.2, 0.25) is 0 Å². The van der Waals surface area contributed by atoms with E-state index in [0.717, 1.165) is 18.5 Å². The van der Waals surface area contributed by atoms with Gasteiger partial charge in [0.1, 0.15) is 28.9 Å². The molecule has 0 radical (unpaired) electrons. The van der Waals surface area contributed by atoms with E-state index in [1.54, 1.807) is 0 Å². The predicted octanol–water partition coefficient (Wildman–Crippen LogP) is 3.72. The van der Waals surface area contributed by atoms with Crippen LogP contribution in [0.1, 0.15) is 10.4 Å². The van der Waals surface area contributed by atoms with Crippen molar-refractivity contribution in [3.8, 4) is 5.75 Å². The van der Waals surface area contributed by atoms with Crippen LogP contribution >= 0.6 is 11.6 Å². The predicted molar refractivity (Wildman–Crippen MR) is 68.8 cm³/mol. The number of nitrogens with zero attached hydrogens (tertiary/aromatic N) is 2. The third kappa shape index (κ3) is 3.82. The largest absolute Gasteiger partial charge is 0.573 e. The first-order valence-electron chi connectivity index (χ1n) is 5.58. The fourth-order valence-corrected chi connectivity index (χ4v) is 1.68. The molecule has 0 aliphatic carbocycles. The van der Waals surface area contributed by atoms with Crippen LogP contribution in [0.5, 0.6) is 5.75 Å². The van der Waals surface area contributed by atoms with Gasteiger partial charge in [-0.05, 0) is 12.1 Å². The summed E-state index contributed by atoms with van der Waals surface area (Å²) in [5, 5.41) is 2.30. The van der Waals surface area contributed by atoms with Crippen LogP contribution in [0.25, 0.3) is 0 Å². The van der Waals surface area contributed by atoms with Gasteiger partial charge in [0, 0.05) is 6.07 Å². The molecule has 0 saturated heterocycles. The van der Waals surface area contributed by atoms with Gasteiger partial charge in [-0.2, -0.15) is 0 Å². The summed E-state index contributed by atoms with van der Waals surface area (Å²) in [6, 6.07) is 2.45. The van der Waals surface area contributed by atoms with Crippen LogP contribution in [0.3, 0.4) is 0 Å². The Bertz CT molecular complexity index is 709. The maximum Gasteiger partial charge on any atom is 0.573 e. The van der Waals surface area contributed by atoms with Crippen molar-refractivity contribution in [3.63, 3.8) is 0 Å². The first-order valence-corrected chi connectivity index (χ1v) is 5.96. The highest BCUT2D eigenvalue weighted by Gasteiger charge is 2.31. The van der Waals surface area contributed by atoms with E-state index in [-0.39, 0.29) is 22.2 Å². The molecule has 0 amide bonds. The standard InChI is InChI=1S/C12H6ClF4N3O2/c13-10-7(4-21)11(19-5-18-10)20-9-2-1-6(3-8(9)14)22-12(15,16)17/h1-5H,(H,18,19,20). The highest BCUT2D eigenvalue weighted by Crippen LogP contribution is 2.28. The molecule has 0 atom stereocenters. The highest BCUT2D eigenvalue weighted by atomic mass is 35.5. The average molecular weight is 336 g/mol. The number of aldehydes is 1. The number of halogens is 5. The van der Waals surface area contributed by atoms with Gasteiger partial charge in [-0.1, -0.05) is 11.6 Å². The van der Waals surface area contributed by atoms with E-state index in [2.05, 4.69) is 20.0 Å². The van der Waals surface area contributed by atoms with Crippen molar-refractivity contribution in [2.24, 2.45) is 0 Å². The Morgan fingerprint density at radius 2 is 2.00 bits per heavy atom. The Morgan fingerprint density at radius 3 is 2.59 bits per heavy atom. The number of benzene rings is 1. The van der Waals surface area contributed by atoms with Crippen LogP contribution < -0.4 is 10.1 Å². The lowest BCUT2D eigenvalue weighted by molar-refractivity contribution is -0.274. The van der Waals surface area contributed by atoms with E-state index in [1.807, 2.05) is 0 Å². The summed E-state index contributed by atoms with van der Waals surface area (Å²) in [6.07, 6.45) is -3.52. The number of anilines is 2. The molecule has 1 N–H and O–H groups in total. The molecular formula is C12H6ClF4N3O2. The smallest absolute Gasteiger partial charge is 0.406 e. The lowest BCUT2D eigenvalue weighted by Crippen LogP contribution is -2.17. The van der Waals surface area contributed by atoms with E-state index in [0.29, 0.717) is 12.4 Å². The number of ether oxygens (including phenoxy) is 1. The molecule has 10 heteroatoms. The topological polar surface area (TPSA) is 64.1 Å². The SMILES string of the molecule is O=Cc1c(Cl)ncnc1Nc1ccc(OC(F)(F)F)cc1F. The first-order chi connectivity index (χ1) is 10.3. The molecule has 0 unspecified atom stereocenters. The molecule has 0 saturated carbocycles. The summed E-state index contributed by atoms with van der Waals surface area (Å²) >= 11 is 5.67. The molecule has 0 spiro atoms. The number of alkyl halides is 3. The molecule has 1 aromatic heterocycles. The second kappa shape index (κ2) is 6.14. The van der Waals surface area contributed by atoms with Crippen LogP contribution in [0.15, 0.2) is 24.5 Å². The first kappa shape index (κ1) is 16.0. The Morgan fingerprint density at radius 1 is 1.27 bits per heavy atom. The van der Waals surface area contributed by atoms with E-state index < -0.39 is 17.9 Å². The second-order valence-corrected chi connectivity index (χ2v) is 4.22. The third-order valence-corrected chi connectivity index (χ3v) is 2.68. The maximum absolute atomic E-state index is 13.8. The normalized spacial score (nSPS) is 11.1. The Balaban J connectivity index is 2.28. The summed E-state index contributed by atoms with van der Waals surface area (Å²) in [5.74, 6) is -1.83. The zero-order chi connectivity index (χ0) is 16.3. The minimum absolute atomic E-state index is 0.0848. The molecule has 116 valence electrons. The van der Waals surface area contributed by atoms with Crippen LogP contribution in [0.4, 0.5) is 29.1 Å². The molecule has 0 bridgehead atoms. The average Bonchev–Trinajstić information content (AvgIpc) is 2.40. The van der Waals surface area contributed by atoms with Crippen molar-refractivity contribution < 1.29 is 27.1 Å². The number of carbonyl (C=O) groups is 1.